The van der Waals surface area contributed by atoms with Crippen molar-refractivity contribution in [1.29, 1.82) is 0 Å². The van der Waals surface area contributed by atoms with Crippen LogP contribution < -0.4 is 4.90 Å². The third kappa shape index (κ3) is 3.30. The van der Waals surface area contributed by atoms with Crippen LogP contribution in [0.15, 0.2) is 72.8 Å². The van der Waals surface area contributed by atoms with E-state index in [1.54, 1.807) is 12.1 Å². The highest BCUT2D eigenvalue weighted by Gasteiger charge is 2.13. The predicted octanol–water partition coefficient (Wildman–Crippen LogP) is 5.47. The van der Waals surface area contributed by atoms with Crippen molar-refractivity contribution in [2.75, 3.05) is 4.90 Å². The number of anilines is 3. The molecule has 0 spiro atoms. The van der Waals surface area contributed by atoms with Gasteiger partial charge in [-0.2, -0.15) is 0 Å². The van der Waals surface area contributed by atoms with Crippen LogP contribution >= 0.6 is 0 Å². The highest BCUT2D eigenvalue weighted by molar-refractivity contribution is 5.88. The SMILES string of the molecule is Cc1ccc(N(c2ccc(C)cc2)c2ccc(C(=O)O)cc2)cc1. The van der Waals surface area contributed by atoms with E-state index in [4.69, 9.17) is 5.11 Å². The smallest absolute Gasteiger partial charge is 0.335 e. The number of rotatable bonds is 4. The number of carbonyl (C=O) groups is 1. The standard InChI is InChI=1S/C21H19NO2/c1-15-3-9-18(10-4-15)22(19-11-5-16(2)6-12-19)20-13-7-17(8-14-20)21(23)24/h3-14H,1-2H3,(H,23,24). The number of aromatic carboxylic acids is 1. The third-order valence-electron chi connectivity index (χ3n) is 3.96. The Morgan fingerprint density at radius 2 is 1.00 bits per heavy atom. The molecule has 0 radical (unpaired) electrons. The maximum atomic E-state index is 11.1. The number of nitrogens with zero attached hydrogens (tertiary/aromatic N) is 1. The lowest BCUT2D eigenvalue weighted by Crippen LogP contribution is -2.10. The first-order valence-corrected chi connectivity index (χ1v) is 7.81. The molecule has 0 saturated carbocycles. The summed E-state index contributed by atoms with van der Waals surface area (Å²) in [6, 6.07) is 23.5. The molecular formula is C21H19NO2. The maximum Gasteiger partial charge on any atom is 0.335 e. The molecule has 3 heteroatoms. The van der Waals surface area contributed by atoms with Crippen molar-refractivity contribution in [2.24, 2.45) is 0 Å². The summed E-state index contributed by atoms with van der Waals surface area (Å²) in [5.74, 6) is -0.918. The average molecular weight is 317 g/mol. The van der Waals surface area contributed by atoms with Crippen LogP contribution in [0.5, 0.6) is 0 Å². The molecule has 0 aliphatic carbocycles. The van der Waals surface area contributed by atoms with Gasteiger partial charge in [-0.15, -0.1) is 0 Å². The summed E-state index contributed by atoms with van der Waals surface area (Å²) in [5.41, 5.74) is 5.67. The molecule has 0 unspecified atom stereocenters. The largest absolute Gasteiger partial charge is 0.478 e. The van der Waals surface area contributed by atoms with E-state index in [1.807, 2.05) is 12.1 Å². The summed E-state index contributed by atoms with van der Waals surface area (Å²) < 4.78 is 0. The Balaban J connectivity index is 2.08. The van der Waals surface area contributed by atoms with E-state index in [-0.39, 0.29) is 5.56 Å². The molecule has 0 fully saturated rings. The van der Waals surface area contributed by atoms with Crippen LogP contribution in [-0.4, -0.2) is 11.1 Å². The van der Waals surface area contributed by atoms with Gasteiger partial charge in [0.25, 0.3) is 0 Å². The second kappa shape index (κ2) is 6.59. The molecule has 0 saturated heterocycles. The normalized spacial score (nSPS) is 10.4. The molecule has 0 atom stereocenters. The van der Waals surface area contributed by atoms with Crippen molar-refractivity contribution in [3.05, 3.63) is 89.5 Å². The predicted molar refractivity (Wildman–Crippen MR) is 97.6 cm³/mol. The van der Waals surface area contributed by atoms with Gasteiger partial charge in [0, 0.05) is 17.1 Å². The fraction of sp³-hybridized carbons (Fsp3) is 0.0952. The monoisotopic (exact) mass is 317 g/mol. The van der Waals surface area contributed by atoms with E-state index in [9.17, 15) is 4.79 Å². The molecule has 3 aromatic carbocycles. The Morgan fingerprint density at radius 3 is 1.33 bits per heavy atom. The molecule has 0 bridgehead atoms. The van der Waals surface area contributed by atoms with Gasteiger partial charge in [-0.3, -0.25) is 0 Å². The maximum absolute atomic E-state index is 11.1. The molecule has 3 nitrogen and oxygen atoms in total. The van der Waals surface area contributed by atoms with Crippen LogP contribution in [-0.2, 0) is 0 Å². The average Bonchev–Trinajstić information content (AvgIpc) is 2.59. The zero-order chi connectivity index (χ0) is 17.1. The first kappa shape index (κ1) is 15.8. The minimum absolute atomic E-state index is 0.284. The van der Waals surface area contributed by atoms with Crippen molar-refractivity contribution in [3.63, 3.8) is 0 Å². The molecule has 0 aliphatic heterocycles. The Bertz CT molecular complexity index is 789. The van der Waals surface area contributed by atoms with Gasteiger partial charge in [0.05, 0.1) is 5.56 Å². The second-order valence-electron chi connectivity index (χ2n) is 5.86. The van der Waals surface area contributed by atoms with Gasteiger partial charge in [-0.05, 0) is 62.4 Å². The number of carboxylic acid groups (broad SMARTS) is 1. The first-order chi connectivity index (χ1) is 11.5. The summed E-state index contributed by atoms with van der Waals surface area (Å²) in [5, 5.41) is 9.10. The lowest BCUT2D eigenvalue weighted by atomic mass is 10.1. The summed E-state index contributed by atoms with van der Waals surface area (Å²) in [4.78, 5) is 13.2. The molecular weight excluding hydrogens is 298 g/mol. The van der Waals surface area contributed by atoms with Gasteiger partial charge < -0.3 is 10.0 Å². The van der Waals surface area contributed by atoms with E-state index in [2.05, 4.69) is 67.3 Å². The van der Waals surface area contributed by atoms with Crippen molar-refractivity contribution in [2.45, 2.75) is 13.8 Å². The molecule has 0 aliphatic rings. The summed E-state index contributed by atoms with van der Waals surface area (Å²) >= 11 is 0. The summed E-state index contributed by atoms with van der Waals surface area (Å²) in [6.45, 7) is 4.11. The van der Waals surface area contributed by atoms with Crippen LogP contribution in [0.25, 0.3) is 0 Å². The Hall–Kier alpha value is -3.07. The molecule has 0 amide bonds. The molecule has 120 valence electrons. The first-order valence-electron chi connectivity index (χ1n) is 7.81. The lowest BCUT2D eigenvalue weighted by Gasteiger charge is -2.25. The van der Waals surface area contributed by atoms with Gasteiger partial charge >= 0.3 is 5.97 Å². The van der Waals surface area contributed by atoms with E-state index in [1.165, 1.54) is 11.1 Å². The summed E-state index contributed by atoms with van der Waals surface area (Å²) in [7, 11) is 0. The van der Waals surface area contributed by atoms with Crippen LogP contribution in [0, 0.1) is 13.8 Å². The van der Waals surface area contributed by atoms with Gasteiger partial charge in [-0.25, -0.2) is 4.79 Å². The molecule has 0 aromatic heterocycles. The summed E-state index contributed by atoms with van der Waals surface area (Å²) in [6.07, 6.45) is 0. The number of aryl methyl sites for hydroxylation is 2. The fourth-order valence-electron chi connectivity index (χ4n) is 2.59. The van der Waals surface area contributed by atoms with Gasteiger partial charge in [-0.1, -0.05) is 35.4 Å². The minimum atomic E-state index is -0.918. The number of hydrogen-bond donors (Lipinski definition) is 1. The van der Waals surface area contributed by atoms with Crippen LogP contribution in [0.1, 0.15) is 21.5 Å². The zero-order valence-electron chi connectivity index (χ0n) is 13.7. The van der Waals surface area contributed by atoms with E-state index in [0.29, 0.717) is 0 Å². The minimum Gasteiger partial charge on any atom is -0.478 e. The molecule has 1 N–H and O–H groups in total. The van der Waals surface area contributed by atoms with Gasteiger partial charge in [0.2, 0.25) is 0 Å². The number of benzene rings is 3. The van der Waals surface area contributed by atoms with Crippen LogP contribution in [0.3, 0.4) is 0 Å². The fourth-order valence-corrected chi connectivity index (χ4v) is 2.59. The second-order valence-corrected chi connectivity index (χ2v) is 5.86. The van der Waals surface area contributed by atoms with Crippen molar-refractivity contribution < 1.29 is 9.90 Å². The van der Waals surface area contributed by atoms with E-state index >= 15 is 0 Å². The lowest BCUT2D eigenvalue weighted by molar-refractivity contribution is 0.0697. The number of hydrogen-bond acceptors (Lipinski definition) is 2. The molecule has 3 rings (SSSR count). The van der Waals surface area contributed by atoms with Gasteiger partial charge in [0.1, 0.15) is 0 Å². The Labute approximate surface area is 141 Å². The van der Waals surface area contributed by atoms with E-state index in [0.717, 1.165) is 17.1 Å². The zero-order valence-corrected chi connectivity index (χ0v) is 13.7. The molecule has 24 heavy (non-hydrogen) atoms. The number of carboxylic acids is 1. The highest BCUT2D eigenvalue weighted by Crippen LogP contribution is 2.34. The highest BCUT2D eigenvalue weighted by atomic mass is 16.4. The van der Waals surface area contributed by atoms with Crippen molar-refractivity contribution in [1.82, 2.24) is 0 Å². The van der Waals surface area contributed by atoms with Crippen molar-refractivity contribution >= 4 is 23.0 Å². The Kier molecular flexibility index (Phi) is 4.34. The Morgan fingerprint density at radius 1 is 0.667 bits per heavy atom. The van der Waals surface area contributed by atoms with Crippen LogP contribution in [0.4, 0.5) is 17.1 Å². The quantitative estimate of drug-likeness (QED) is 0.693. The molecule has 0 heterocycles. The van der Waals surface area contributed by atoms with Gasteiger partial charge in [0.15, 0.2) is 0 Å². The molecule has 3 aromatic rings. The topological polar surface area (TPSA) is 40.5 Å². The van der Waals surface area contributed by atoms with Crippen molar-refractivity contribution in [3.8, 4) is 0 Å². The van der Waals surface area contributed by atoms with E-state index < -0.39 is 5.97 Å². The third-order valence-corrected chi connectivity index (χ3v) is 3.96. The van der Waals surface area contributed by atoms with Crippen LogP contribution in [0.2, 0.25) is 0 Å².